The predicted octanol–water partition coefficient (Wildman–Crippen LogP) is 6.38. The van der Waals surface area contributed by atoms with Gasteiger partial charge in [-0.15, -0.1) is 0 Å². The van der Waals surface area contributed by atoms with Gasteiger partial charge in [0.2, 0.25) is 5.88 Å². The number of carbonyl (C=O) groups excluding carboxylic acids is 1. The van der Waals surface area contributed by atoms with Gasteiger partial charge in [-0.2, -0.15) is 0 Å². The van der Waals surface area contributed by atoms with Crippen molar-refractivity contribution in [3.63, 3.8) is 0 Å². The van der Waals surface area contributed by atoms with Gasteiger partial charge < -0.3 is 14.2 Å². The molecule has 1 unspecified atom stereocenters. The van der Waals surface area contributed by atoms with Gasteiger partial charge in [0.05, 0.1) is 24.7 Å². The van der Waals surface area contributed by atoms with Crippen LogP contribution in [0.5, 0.6) is 11.6 Å². The highest BCUT2D eigenvalue weighted by molar-refractivity contribution is 5.69. The third-order valence-electron chi connectivity index (χ3n) is 5.08. The first kappa shape index (κ1) is 25.6. The third kappa shape index (κ3) is 10.1. The van der Waals surface area contributed by atoms with Gasteiger partial charge in [0.25, 0.3) is 0 Å². The van der Waals surface area contributed by atoms with Gasteiger partial charge >= 0.3 is 5.97 Å². The molecule has 6 heteroatoms. The Morgan fingerprint density at radius 1 is 0.875 bits per heavy atom. The van der Waals surface area contributed by atoms with Crippen LogP contribution in [0.25, 0.3) is 11.3 Å². The molecule has 0 aliphatic heterocycles. The molecule has 0 N–H and O–H groups in total. The fraction of sp³-hybridized carbons (Fsp3) is 0.577. The molecule has 1 atom stereocenters. The fourth-order valence-electron chi connectivity index (χ4n) is 3.18. The average Bonchev–Trinajstić information content (AvgIpc) is 2.81. The Morgan fingerprint density at radius 3 is 2.28 bits per heavy atom. The molecule has 1 aromatic carbocycles. The highest BCUT2D eigenvalue weighted by Crippen LogP contribution is 2.21. The zero-order chi connectivity index (χ0) is 23.0. The van der Waals surface area contributed by atoms with E-state index in [1.807, 2.05) is 38.1 Å². The van der Waals surface area contributed by atoms with E-state index >= 15 is 0 Å². The Bertz CT molecular complexity index is 762. The Balaban J connectivity index is 1.72. The standard InChI is InChI=1S/C26H38N2O4/c1-4-6-8-9-10-11-17-30-23-15-13-22(14-16-23)24-18-28-25(19-27-24)31-20-21(3)32-26(29)12-7-5-2/h13-16,18-19,21H,4-12,17,20H2,1-3H3. The van der Waals surface area contributed by atoms with E-state index in [0.717, 1.165) is 42.9 Å². The summed E-state index contributed by atoms with van der Waals surface area (Å²) in [4.78, 5) is 20.4. The van der Waals surface area contributed by atoms with Gasteiger partial charge in [0.15, 0.2) is 0 Å². The van der Waals surface area contributed by atoms with E-state index in [2.05, 4.69) is 16.9 Å². The molecule has 1 aromatic heterocycles. The second-order valence-corrected chi connectivity index (χ2v) is 8.10. The second kappa shape index (κ2) is 15.2. The van der Waals surface area contributed by atoms with E-state index in [1.54, 1.807) is 12.4 Å². The Labute approximate surface area is 192 Å². The maximum Gasteiger partial charge on any atom is 0.306 e. The lowest BCUT2D eigenvalue weighted by molar-refractivity contribution is -0.149. The van der Waals surface area contributed by atoms with E-state index in [1.165, 1.54) is 32.1 Å². The van der Waals surface area contributed by atoms with Crippen molar-refractivity contribution in [1.29, 1.82) is 0 Å². The number of hydrogen-bond acceptors (Lipinski definition) is 6. The van der Waals surface area contributed by atoms with Crippen molar-refractivity contribution in [3.05, 3.63) is 36.7 Å². The molecule has 176 valence electrons. The first-order valence-corrected chi connectivity index (χ1v) is 12.0. The van der Waals surface area contributed by atoms with E-state index in [0.29, 0.717) is 12.3 Å². The number of rotatable bonds is 16. The van der Waals surface area contributed by atoms with Crippen molar-refractivity contribution in [2.45, 2.75) is 84.7 Å². The van der Waals surface area contributed by atoms with Gasteiger partial charge in [0.1, 0.15) is 18.5 Å². The molecule has 0 bridgehead atoms. The topological polar surface area (TPSA) is 70.5 Å². The van der Waals surface area contributed by atoms with Crippen LogP contribution in [0.1, 0.15) is 78.6 Å². The summed E-state index contributed by atoms with van der Waals surface area (Å²) in [6.07, 6.45) is 12.7. The SMILES string of the molecule is CCCCCCCCOc1ccc(-c2cnc(OCC(C)OC(=O)CCCC)cn2)cc1. The molecule has 0 saturated carbocycles. The lowest BCUT2D eigenvalue weighted by Gasteiger charge is -2.14. The van der Waals surface area contributed by atoms with Crippen LogP contribution in [0.2, 0.25) is 0 Å². The van der Waals surface area contributed by atoms with Crippen molar-refractivity contribution in [3.8, 4) is 22.9 Å². The fourth-order valence-corrected chi connectivity index (χ4v) is 3.18. The lowest BCUT2D eigenvalue weighted by atomic mass is 10.1. The van der Waals surface area contributed by atoms with Gasteiger partial charge in [-0.1, -0.05) is 52.4 Å². The normalized spacial score (nSPS) is 11.7. The number of esters is 1. The summed E-state index contributed by atoms with van der Waals surface area (Å²) in [5, 5.41) is 0. The lowest BCUT2D eigenvalue weighted by Crippen LogP contribution is -2.22. The minimum absolute atomic E-state index is 0.191. The number of nitrogens with zero attached hydrogens (tertiary/aromatic N) is 2. The predicted molar refractivity (Wildman–Crippen MR) is 127 cm³/mol. The van der Waals surface area contributed by atoms with Gasteiger partial charge in [-0.25, -0.2) is 9.97 Å². The summed E-state index contributed by atoms with van der Waals surface area (Å²) in [6.45, 7) is 7.08. The van der Waals surface area contributed by atoms with Crippen molar-refractivity contribution >= 4 is 5.97 Å². The molecule has 32 heavy (non-hydrogen) atoms. The van der Waals surface area contributed by atoms with E-state index < -0.39 is 0 Å². The smallest absolute Gasteiger partial charge is 0.306 e. The van der Waals surface area contributed by atoms with E-state index in [-0.39, 0.29) is 18.7 Å². The van der Waals surface area contributed by atoms with Crippen LogP contribution in [-0.4, -0.2) is 35.3 Å². The quantitative estimate of drug-likeness (QED) is 0.222. The minimum atomic E-state index is -0.329. The van der Waals surface area contributed by atoms with Crippen LogP contribution < -0.4 is 9.47 Å². The zero-order valence-electron chi connectivity index (χ0n) is 19.8. The molecule has 0 spiro atoms. The van der Waals surface area contributed by atoms with Crippen molar-refractivity contribution in [1.82, 2.24) is 9.97 Å². The van der Waals surface area contributed by atoms with Gasteiger partial charge in [-0.05, 0) is 44.0 Å². The first-order chi connectivity index (χ1) is 15.6. The van der Waals surface area contributed by atoms with Crippen molar-refractivity contribution in [2.24, 2.45) is 0 Å². The Kier molecular flexibility index (Phi) is 12.2. The molecule has 0 fully saturated rings. The van der Waals surface area contributed by atoms with Gasteiger partial charge in [0, 0.05) is 12.0 Å². The summed E-state index contributed by atoms with van der Waals surface area (Å²) < 4.78 is 16.7. The molecule has 0 radical (unpaired) electrons. The van der Waals surface area contributed by atoms with Crippen molar-refractivity contribution < 1.29 is 19.0 Å². The highest BCUT2D eigenvalue weighted by Gasteiger charge is 2.10. The summed E-state index contributed by atoms with van der Waals surface area (Å²) in [5.41, 5.74) is 1.73. The van der Waals surface area contributed by atoms with Crippen LogP contribution in [-0.2, 0) is 9.53 Å². The van der Waals surface area contributed by atoms with Crippen LogP contribution in [0.3, 0.4) is 0 Å². The highest BCUT2D eigenvalue weighted by atomic mass is 16.6. The number of benzene rings is 1. The molecule has 1 heterocycles. The third-order valence-corrected chi connectivity index (χ3v) is 5.08. The van der Waals surface area contributed by atoms with E-state index in [4.69, 9.17) is 14.2 Å². The maximum atomic E-state index is 11.7. The Hall–Kier alpha value is -2.63. The molecule has 6 nitrogen and oxygen atoms in total. The zero-order valence-corrected chi connectivity index (χ0v) is 19.8. The molecule has 2 aromatic rings. The van der Waals surface area contributed by atoms with E-state index in [9.17, 15) is 4.79 Å². The molecular weight excluding hydrogens is 404 g/mol. The number of ether oxygens (including phenoxy) is 3. The summed E-state index contributed by atoms with van der Waals surface area (Å²) in [5.74, 6) is 1.09. The van der Waals surface area contributed by atoms with Crippen LogP contribution in [0, 0.1) is 0 Å². The molecule has 0 aliphatic rings. The monoisotopic (exact) mass is 442 g/mol. The van der Waals surface area contributed by atoms with Crippen molar-refractivity contribution in [2.75, 3.05) is 13.2 Å². The summed E-state index contributed by atoms with van der Waals surface area (Å²) >= 11 is 0. The largest absolute Gasteiger partial charge is 0.494 e. The first-order valence-electron chi connectivity index (χ1n) is 12.0. The number of carbonyl (C=O) groups is 1. The number of aromatic nitrogens is 2. The molecule has 2 rings (SSSR count). The number of unbranched alkanes of at least 4 members (excludes halogenated alkanes) is 6. The minimum Gasteiger partial charge on any atom is -0.494 e. The van der Waals surface area contributed by atoms with Crippen LogP contribution >= 0.6 is 0 Å². The maximum absolute atomic E-state index is 11.7. The van der Waals surface area contributed by atoms with Crippen LogP contribution in [0.4, 0.5) is 0 Å². The summed E-state index contributed by atoms with van der Waals surface area (Å²) in [7, 11) is 0. The Morgan fingerprint density at radius 2 is 1.59 bits per heavy atom. The molecule has 0 amide bonds. The molecular formula is C26H38N2O4. The van der Waals surface area contributed by atoms with Crippen LogP contribution in [0.15, 0.2) is 36.7 Å². The average molecular weight is 443 g/mol. The molecule has 0 aliphatic carbocycles. The summed E-state index contributed by atoms with van der Waals surface area (Å²) in [6, 6.07) is 7.90. The number of hydrogen-bond donors (Lipinski definition) is 0. The second-order valence-electron chi connectivity index (χ2n) is 8.10. The molecule has 0 saturated heterocycles. The van der Waals surface area contributed by atoms with Gasteiger partial charge in [-0.3, -0.25) is 4.79 Å².